The van der Waals surface area contributed by atoms with Crippen molar-refractivity contribution in [3.05, 3.63) is 22.4 Å². The molecule has 1 heterocycles. The van der Waals surface area contributed by atoms with Gasteiger partial charge in [-0.1, -0.05) is 19.9 Å². The lowest BCUT2D eigenvalue weighted by molar-refractivity contribution is -0.146. The predicted molar refractivity (Wildman–Crippen MR) is 82.7 cm³/mol. The molecule has 6 nitrogen and oxygen atoms in total. The van der Waals surface area contributed by atoms with E-state index in [1.165, 1.54) is 11.3 Å². The molecule has 0 radical (unpaired) electrons. The first-order chi connectivity index (χ1) is 10.4. The minimum atomic E-state index is -0.822. The monoisotopic (exact) mass is 324 g/mol. The molecule has 3 N–H and O–H groups in total. The van der Waals surface area contributed by atoms with Gasteiger partial charge in [-0.3, -0.25) is 14.4 Å². The standard InChI is InChI=1S/C15H20N2O4S/c1-8(2)12(17-13(18)11-4-3-5-22-11)14(19)16-10-6-9(7-10)15(20)21/h3-5,8-10,12H,6-7H2,1-2H3,(H,16,19)(H,17,18)(H,20,21). The molecule has 1 unspecified atom stereocenters. The summed E-state index contributed by atoms with van der Waals surface area (Å²) in [5, 5.41) is 16.2. The number of aliphatic carboxylic acids is 1. The van der Waals surface area contributed by atoms with Crippen molar-refractivity contribution >= 4 is 29.1 Å². The van der Waals surface area contributed by atoms with E-state index in [0.29, 0.717) is 17.7 Å². The van der Waals surface area contributed by atoms with Crippen LogP contribution in [0.25, 0.3) is 0 Å². The Bertz CT molecular complexity index is 550. The van der Waals surface area contributed by atoms with Crippen LogP contribution in [0.4, 0.5) is 0 Å². The first-order valence-corrected chi connectivity index (χ1v) is 8.14. The van der Waals surface area contributed by atoms with Gasteiger partial charge in [-0.25, -0.2) is 0 Å². The quantitative estimate of drug-likeness (QED) is 0.738. The SMILES string of the molecule is CC(C)C(NC(=O)c1cccs1)C(=O)NC1CC(C(=O)O)C1. The van der Waals surface area contributed by atoms with Crippen molar-refractivity contribution in [2.75, 3.05) is 0 Å². The van der Waals surface area contributed by atoms with Gasteiger partial charge >= 0.3 is 5.97 Å². The lowest BCUT2D eigenvalue weighted by atomic mass is 9.80. The molecule has 0 spiro atoms. The van der Waals surface area contributed by atoms with Crippen molar-refractivity contribution in [2.24, 2.45) is 11.8 Å². The molecule has 1 aliphatic rings. The smallest absolute Gasteiger partial charge is 0.306 e. The van der Waals surface area contributed by atoms with Crippen LogP contribution in [0.3, 0.4) is 0 Å². The molecule has 7 heteroatoms. The maximum absolute atomic E-state index is 12.3. The third-order valence-electron chi connectivity index (χ3n) is 3.81. The molecule has 1 aromatic heterocycles. The number of thiophene rings is 1. The molecular formula is C15H20N2O4S. The Kier molecular flexibility index (Phi) is 5.18. The number of hydrogen-bond acceptors (Lipinski definition) is 4. The van der Waals surface area contributed by atoms with E-state index in [-0.39, 0.29) is 29.7 Å². The Morgan fingerprint density at radius 2 is 2.00 bits per heavy atom. The van der Waals surface area contributed by atoms with E-state index < -0.39 is 12.0 Å². The van der Waals surface area contributed by atoms with E-state index >= 15 is 0 Å². The molecule has 0 aliphatic heterocycles. The van der Waals surface area contributed by atoms with Crippen molar-refractivity contribution < 1.29 is 19.5 Å². The van der Waals surface area contributed by atoms with E-state index in [2.05, 4.69) is 10.6 Å². The summed E-state index contributed by atoms with van der Waals surface area (Å²) in [6.07, 6.45) is 0.898. The van der Waals surface area contributed by atoms with Crippen LogP contribution in [0, 0.1) is 11.8 Å². The topological polar surface area (TPSA) is 95.5 Å². The van der Waals surface area contributed by atoms with Crippen LogP contribution < -0.4 is 10.6 Å². The van der Waals surface area contributed by atoms with E-state index in [4.69, 9.17) is 5.11 Å². The number of carboxylic acid groups (broad SMARTS) is 1. The van der Waals surface area contributed by atoms with E-state index in [9.17, 15) is 14.4 Å². The van der Waals surface area contributed by atoms with Gasteiger partial charge in [-0.15, -0.1) is 11.3 Å². The average Bonchev–Trinajstić information content (AvgIpc) is 2.92. The van der Waals surface area contributed by atoms with Gasteiger partial charge in [0.25, 0.3) is 5.91 Å². The molecule has 1 saturated carbocycles. The highest BCUT2D eigenvalue weighted by Crippen LogP contribution is 2.27. The van der Waals surface area contributed by atoms with E-state index in [1.54, 1.807) is 17.5 Å². The van der Waals surface area contributed by atoms with Gasteiger partial charge in [0.15, 0.2) is 0 Å². The predicted octanol–water partition coefficient (Wildman–Crippen LogP) is 1.48. The van der Waals surface area contributed by atoms with Crippen molar-refractivity contribution in [1.82, 2.24) is 10.6 Å². The third kappa shape index (κ3) is 3.85. The minimum Gasteiger partial charge on any atom is -0.481 e. The highest BCUT2D eigenvalue weighted by Gasteiger charge is 2.37. The highest BCUT2D eigenvalue weighted by atomic mass is 32.1. The molecule has 1 fully saturated rings. The van der Waals surface area contributed by atoms with Crippen molar-refractivity contribution in [3.63, 3.8) is 0 Å². The van der Waals surface area contributed by atoms with Crippen LogP contribution in [0.15, 0.2) is 17.5 Å². The van der Waals surface area contributed by atoms with Crippen LogP contribution in [0.1, 0.15) is 36.4 Å². The van der Waals surface area contributed by atoms with Crippen molar-refractivity contribution in [2.45, 2.75) is 38.8 Å². The number of hydrogen-bond donors (Lipinski definition) is 3. The van der Waals surface area contributed by atoms with Crippen LogP contribution in [-0.2, 0) is 9.59 Å². The molecule has 0 bridgehead atoms. The summed E-state index contributed by atoms with van der Waals surface area (Å²) >= 11 is 1.32. The van der Waals surface area contributed by atoms with Crippen LogP contribution in [0.2, 0.25) is 0 Å². The van der Waals surface area contributed by atoms with Gasteiger partial charge in [-0.2, -0.15) is 0 Å². The van der Waals surface area contributed by atoms with Gasteiger partial charge in [-0.05, 0) is 30.2 Å². The molecule has 120 valence electrons. The van der Waals surface area contributed by atoms with Crippen molar-refractivity contribution in [1.29, 1.82) is 0 Å². The number of amides is 2. The second-order valence-electron chi connectivity index (χ2n) is 5.88. The van der Waals surface area contributed by atoms with Gasteiger partial charge in [0.05, 0.1) is 10.8 Å². The summed E-state index contributed by atoms with van der Waals surface area (Å²) in [7, 11) is 0. The Morgan fingerprint density at radius 3 is 2.50 bits per heavy atom. The molecule has 0 aromatic carbocycles. The lowest BCUT2D eigenvalue weighted by Gasteiger charge is -2.34. The molecule has 0 saturated heterocycles. The maximum atomic E-state index is 12.3. The zero-order chi connectivity index (χ0) is 16.3. The number of nitrogens with one attached hydrogen (secondary N) is 2. The fourth-order valence-corrected chi connectivity index (χ4v) is 3.01. The molecule has 1 aliphatic carbocycles. The van der Waals surface area contributed by atoms with E-state index in [1.807, 2.05) is 13.8 Å². The Hall–Kier alpha value is -1.89. The zero-order valence-electron chi connectivity index (χ0n) is 12.5. The number of rotatable bonds is 6. The Balaban J connectivity index is 1.89. The number of carboxylic acids is 1. The van der Waals surface area contributed by atoms with Gasteiger partial charge in [0, 0.05) is 6.04 Å². The van der Waals surface area contributed by atoms with Crippen LogP contribution >= 0.6 is 11.3 Å². The van der Waals surface area contributed by atoms with E-state index in [0.717, 1.165) is 0 Å². The summed E-state index contributed by atoms with van der Waals surface area (Å²) in [5.41, 5.74) is 0. The second kappa shape index (κ2) is 6.91. The molecule has 22 heavy (non-hydrogen) atoms. The summed E-state index contributed by atoms with van der Waals surface area (Å²) in [6, 6.07) is 2.75. The third-order valence-corrected chi connectivity index (χ3v) is 4.68. The summed E-state index contributed by atoms with van der Waals surface area (Å²) in [5.74, 6) is -1.77. The second-order valence-corrected chi connectivity index (χ2v) is 6.83. The molecular weight excluding hydrogens is 304 g/mol. The zero-order valence-corrected chi connectivity index (χ0v) is 13.4. The fourth-order valence-electron chi connectivity index (χ4n) is 2.38. The fraction of sp³-hybridized carbons (Fsp3) is 0.533. The summed E-state index contributed by atoms with van der Waals surface area (Å²) in [4.78, 5) is 35.7. The molecule has 2 amide bonds. The van der Waals surface area contributed by atoms with Crippen LogP contribution in [-0.4, -0.2) is 35.0 Å². The first kappa shape index (κ1) is 16.5. The van der Waals surface area contributed by atoms with Crippen molar-refractivity contribution in [3.8, 4) is 0 Å². The molecule has 1 aromatic rings. The number of carbonyl (C=O) groups is 3. The van der Waals surface area contributed by atoms with Crippen LogP contribution in [0.5, 0.6) is 0 Å². The maximum Gasteiger partial charge on any atom is 0.306 e. The summed E-state index contributed by atoms with van der Waals surface area (Å²) in [6.45, 7) is 3.72. The highest BCUT2D eigenvalue weighted by molar-refractivity contribution is 7.12. The normalized spacial score (nSPS) is 21.8. The Morgan fingerprint density at radius 1 is 1.32 bits per heavy atom. The van der Waals surface area contributed by atoms with Gasteiger partial charge in [0.1, 0.15) is 6.04 Å². The average molecular weight is 324 g/mol. The number of carbonyl (C=O) groups excluding carboxylic acids is 2. The Labute approximate surface area is 132 Å². The summed E-state index contributed by atoms with van der Waals surface area (Å²) < 4.78 is 0. The van der Waals surface area contributed by atoms with Gasteiger partial charge in [0.2, 0.25) is 5.91 Å². The largest absolute Gasteiger partial charge is 0.481 e. The molecule has 2 rings (SSSR count). The first-order valence-electron chi connectivity index (χ1n) is 7.26. The molecule has 1 atom stereocenters. The lowest BCUT2D eigenvalue weighted by Crippen LogP contribution is -2.55. The minimum absolute atomic E-state index is 0.0562. The van der Waals surface area contributed by atoms with Gasteiger partial charge < -0.3 is 15.7 Å².